The Morgan fingerprint density at radius 1 is 1.04 bits per heavy atom. The summed E-state index contributed by atoms with van der Waals surface area (Å²) in [6.07, 6.45) is 8.65. The standard InChI is InChI=1S/C19H28N2O4/c1-21(10-16(22)20-15-2-3-15)17(23)11-25-18(24)19-7-12-4-13(8-19)6-14(5-12)9-19/h12-15H,2-11H2,1H3,(H,20,22). The number of esters is 1. The van der Waals surface area contributed by atoms with Gasteiger partial charge in [0, 0.05) is 13.1 Å². The van der Waals surface area contributed by atoms with Gasteiger partial charge < -0.3 is 15.0 Å². The number of carbonyl (C=O) groups excluding carboxylic acids is 3. The monoisotopic (exact) mass is 348 g/mol. The fourth-order valence-corrected chi connectivity index (χ4v) is 5.56. The number of hydrogen-bond donors (Lipinski definition) is 1. The maximum Gasteiger partial charge on any atom is 0.312 e. The van der Waals surface area contributed by atoms with E-state index in [9.17, 15) is 14.4 Å². The van der Waals surface area contributed by atoms with Crippen LogP contribution in [0.3, 0.4) is 0 Å². The van der Waals surface area contributed by atoms with Crippen molar-refractivity contribution in [2.75, 3.05) is 20.2 Å². The van der Waals surface area contributed by atoms with E-state index < -0.39 is 0 Å². The summed E-state index contributed by atoms with van der Waals surface area (Å²) in [7, 11) is 1.58. The van der Waals surface area contributed by atoms with E-state index in [1.165, 1.54) is 24.2 Å². The van der Waals surface area contributed by atoms with Crippen LogP contribution in [-0.2, 0) is 19.1 Å². The van der Waals surface area contributed by atoms with E-state index in [-0.39, 0.29) is 42.4 Å². The summed E-state index contributed by atoms with van der Waals surface area (Å²) in [6.45, 7) is -0.238. The van der Waals surface area contributed by atoms with Crippen LogP contribution in [0.5, 0.6) is 0 Å². The van der Waals surface area contributed by atoms with Crippen LogP contribution in [0, 0.1) is 23.2 Å². The Morgan fingerprint density at radius 2 is 1.60 bits per heavy atom. The van der Waals surface area contributed by atoms with E-state index >= 15 is 0 Å². The van der Waals surface area contributed by atoms with Gasteiger partial charge in [0.2, 0.25) is 5.91 Å². The minimum atomic E-state index is -0.336. The summed E-state index contributed by atoms with van der Waals surface area (Å²) in [4.78, 5) is 38.0. The van der Waals surface area contributed by atoms with E-state index in [0.717, 1.165) is 32.1 Å². The van der Waals surface area contributed by atoms with E-state index in [0.29, 0.717) is 17.8 Å². The largest absolute Gasteiger partial charge is 0.455 e. The number of nitrogens with one attached hydrogen (secondary N) is 1. The first-order chi connectivity index (χ1) is 11.9. The molecular weight excluding hydrogens is 320 g/mol. The van der Waals surface area contributed by atoms with Crippen molar-refractivity contribution in [3.8, 4) is 0 Å². The van der Waals surface area contributed by atoms with Gasteiger partial charge >= 0.3 is 5.97 Å². The molecule has 138 valence electrons. The van der Waals surface area contributed by atoms with Crippen LogP contribution in [0.15, 0.2) is 0 Å². The van der Waals surface area contributed by atoms with Crippen molar-refractivity contribution in [3.05, 3.63) is 0 Å². The fraction of sp³-hybridized carbons (Fsp3) is 0.842. The Hall–Kier alpha value is -1.59. The molecule has 6 nitrogen and oxygen atoms in total. The highest BCUT2D eigenvalue weighted by Crippen LogP contribution is 2.60. The molecule has 4 bridgehead atoms. The quantitative estimate of drug-likeness (QED) is 0.738. The maximum atomic E-state index is 12.7. The van der Waals surface area contributed by atoms with Gasteiger partial charge in [-0.25, -0.2) is 0 Å². The van der Waals surface area contributed by atoms with Gasteiger partial charge in [0.05, 0.1) is 12.0 Å². The Balaban J connectivity index is 1.26. The lowest BCUT2D eigenvalue weighted by Gasteiger charge is -2.55. The Kier molecular flexibility index (Phi) is 4.24. The van der Waals surface area contributed by atoms with Crippen molar-refractivity contribution in [3.63, 3.8) is 0 Å². The molecule has 0 unspecified atom stereocenters. The molecule has 0 aliphatic heterocycles. The smallest absolute Gasteiger partial charge is 0.312 e. The number of amides is 2. The number of nitrogens with zero attached hydrogens (tertiary/aromatic N) is 1. The zero-order valence-corrected chi connectivity index (χ0v) is 15.0. The molecule has 5 saturated carbocycles. The van der Waals surface area contributed by atoms with E-state index in [2.05, 4.69) is 5.32 Å². The topological polar surface area (TPSA) is 75.7 Å². The average molecular weight is 348 g/mol. The fourth-order valence-electron chi connectivity index (χ4n) is 5.56. The third-order valence-corrected chi connectivity index (χ3v) is 6.55. The predicted octanol–water partition coefficient (Wildman–Crippen LogP) is 1.48. The first-order valence-corrected chi connectivity index (χ1v) is 9.64. The van der Waals surface area contributed by atoms with Crippen molar-refractivity contribution in [1.82, 2.24) is 10.2 Å². The molecule has 0 atom stereocenters. The van der Waals surface area contributed by atoms with Crippen LogP contribution in [0.1, 0.15) is 51.4 Å². The Labute approximate surface area is 148 Å². The first-order valence-electron chi connectivity index (χ1n) is 9.64. The molecule has 25 heavy (non-hydrogen) atoms. The van der Waals surface area contributed by atoms with Crippen molar-refractivity contribution >= 4 is 17.8 Å². The van der Waals surface area contributed by atoms with Crippen molar-refractivity contribution in [2.24, 2.45) is 23.2 Å². The van der Waals surface area contributed by atoms with Crippen molar-refractivity contribution < 1.29 is 19.1 Å². The zero-order chi connectivity index (χ0) is 17.6. The summed E-state index contributed by atoms with van der Waals surface area (Å²) in [5.41, 5.74) is -0.336. The molecule has 0 spiro atoms. The second kappa shape index (κ2) is 6.29. The van der Waals surface area contributed by atoms with Crippen molar-refractivity contribution in [2.45, 2.75) is 57.4 Å². The Morgan fingerprint density at radius 3 is 2.12 bits per heavy atom. The van der Waals surface area contributed by atoms with Gasteiger partial charge in [-0.15, -0.1) is 0 Å². The number of rotatable bonds is 6. The minimum Gasteiger partial charge on any atom is -0.455 e. The molecule has 2 amide bonds. The van der Waals surface area contributed by atoms with E-state index in [4.69, 9.17) is 4.74 Å². The molecule has 0 aromatic rings. The molecule has 5 aliphatic carbocycles. The highest BCUT2D eigenvalue weighted by Gasteiger charge is 2.55. The summed E-state index contributed by atoms with van der Waals surface area (Å²) < 4.78 is 5.42. The molecule has 0 saturated heterocycles. The lowest BCUT2D eigenvalue weighted by molar-refractivity contribution is -0.174. The van der Waals surface area contributed by atoms with Gasteiger partial charge in [0.25, 0.3) is 5.91 Å². The SMILES string of the molecule is CN(CC(=O)NC1CC1)C(=O)COC(=O)C12CC3CC(CC(C3)C1)C2. The molecule has 6 heteroatoms. The molecule has 1 N–H and O–H groups in total. The van der Waals surface area contributed by atoms with Gasteiger partial charge in [0.1, 0.15) is 0 Å². The van der Waals surface area contributed by atoms with Crippen LogP contribution in [0.2, 0.25) is 0 Å². The van der Waals surface area contributed by atoms with Gasteiger partial charge in [-0.2, -0.15) is 0 Å². The van der Waals surface area contributed by atoms with Gasteiger partial charge in [-0.05, 0) is 69.1 Å². The molecule has 0 aromatic carbocycles. The molecule has 5 fully saturated rings. The summed E-state index contributed by atoms with van der Waals surface area (Å²) in [6, 6.07) is 0.282. The van der Waals surface area contributed by atoms with E-state index in [1.807, 2.05) is 0 Å². The number of likely N-dealkylation sites (N-methyl/N-ethyl adjacent to an activating group) is 1. The molecule has 5 rings (SSSR count). The van der Waals surface area contributed by atoms with Crippen molar-refractivity contribution in [1.29, 1.82) is 0 Å². The van der Waals surface area contributed by atoms with Gasteiger partial charge in [0.15, 0.2) is 6.61 Å². The minimum absolute atomic E-state index is 0.0181. The highest BCUT2D eigenvalue weighted by molar-refractivity contribution is 5.87. The predicted molar refractivity (Wildman–Crippen MR) is 90.4 cm³/mol. The second-order valence-electron chi connectivity index (χ2n) is 8.87. The number of carbonyl (C=O) groups is 3. The summed E-state index contributed by atoms with van der Waals surface area (Å²) in [5.74, 6) is 1.36. The number of ether oxygens (including phenoxy) is 1. The van der Waals surface area contributed by atoms with Gasteiger partial charge in [-0.3, -0.25) is 14.4 Å². The van der Waals surface area contributed by atoms with Crippen LogP contribution in [0.4, 0.5) is 0 Å². The summed E-state index contributed by atoms with van der Waals surface area (Å²) in [5, 5.41) is 2.85. The van der Waals surface area contributed by atoms with Gasteiger partial charge in [-0.1, -0.05) is 0 Å². The molecule has 0 heterocycles. The highest BCUT2D eigenvalue weighted by atomic mass is 16.5. The molecule has 5 aliphatic rings. The van der Waals surface area contributed by atoms with Crippen LogP contribution in [0.25, 0.3) is 0 Å². The number of hydrogen-bond acceptors (Lipinski definition) is 4. The van der Waals surface area contributed by atoms with Crippen LogP contribution < -0.4 is 5.32 Å². The lowest BCUT2D eigenvalue weighted by atomic mass is 9.49. The zero-order valence-electron chi connectivity index (χ0n) is 15.0. The Bertz CT molecular complexity index is 549. The maximum absolute atomic E-state index is 12.7. The van der Waals surface area contributed by atoms with E-state index in [1.54, 1.807) is 7.05 Å². The van der Waals surface area contributed by atoms with Crippen LogP contribution in [-0.4, -0.2) is 48.9 Å². The molecule has 0 aromatic heterocycles. The summed E-state index contributed by atoms with van der Waals surface area (Å²) >= 11 is 0. The second-order valence-corrected chi connectivity index (χ2v) is 8.87. The molecular formula is C19H28N2O4. The van der Waals surface area contributed by atoms with Crippen LogP contribution >= 0.6 is 0 Å². The molecule has 0 radical (unpaired) electrons. The third-order valence-electron chi connectivity index (χ3n) is 6.55. The average Bonchev–Trinajstić information content (AvgIpc) is 3.34. The lowest BCUT2D eigenvalue weighted by Crippen LogP contribution is -2.51. The normalized spacial score (nSPS) is 35.3. The third kappa shape index (κ3) is 3.53. The first kappa shape index (κ1) is 16.9.